The predicted molar refractivity (Wildman–Crippen MR) is 104 cm³/mol. The zero-order chi connectivity index (χ0) is 18.6. The van der Waals surface area contributed by atoms with Crippen molar-refractivity contribution in [1.82, 2.24) is 10.1 Å². The zero-order valence-corrected chi connectivity index (χ0v) is 15.5. The van der Waals surface area contributed by atoms with Crippen molar-refractivity contribution in [3.8, 4) is 21.8 Å². The Morgan fingerprint density at radius 2 is 1.89 bits per heavy atom. The summed E-state index contributed by atoms with van der Waals surface area (Å²) >= 11 is 7.35. The zero-order valence-electron chi connectivity index (χ0n) is 14.0. The fourth-order valence-electron chi connectivity index (χ4n) is 2.46. The number of nitrogens with zero attached hydrogens (tertiary/aromatic N) is 2. The van der Waals surface area contributed by atoms with Crippen molar-refractivity contribution >= 4 is 28.9 Å². The number of thiazole rings is 1. The average molecular weight is 397 g/mol. The van der Waals surface area contributed by atoms with Crippen LogP contribution in [0.3, 0.4) is 0 Å². The Morgan fingerprint density at radius 3 is 2.70 bits per heavy atom. The molecule has 0 spiro atoms. The molecule has 0 aliphatic carbocycles. The lowest BCUT2D eigenvalue weighted by Crippen LogP contribution is -2.05. The Morgan fingerprint density at radius 1 is 1.07 bits per heavy atom. The van der Waals surface area contributed by atoms with Crippen LogP contribution in [0.1, 0.15) is 16.2 Å². The number of hydrogen-bond donors (Lipinski definition) is 0. The molecule has 4 rings (SSSR count). The first kappa shape index (κ1) is 17.5. The third kappa shape index (κ3) is 4.07. The summed E-state index contributed by atoms with van der Waals surface area (Å²) in [6.45, 7) is -0.0112. The molecule has 0 aliphatic heterocycles. The van der Waals surface area contributed by atoms with Crippen molar-refractivity contribution in [2.45, 2.75) is 6.61 Å². The summed E-state index contributed by atoms with van der Waals surface area (Å²) in [5.74, 6) is -0.0512. The van der Waals surface area contributed by atoms with Crippen LogP contribution in [0.15, 0.2) is 70.6 Å². The highest BCUT2D eigenvalue weighted by Gasteiger charge is 2.15. The minimum atomic E-state index is -0.516. The van der Waals surface area contributed by atoms with E-state index < -0.39 is 5.97 Å². The van der Waals surface area contributed by atoms with Crippen LogP contribution in [0.2, 0.25) is 5.02 Å². The SMILES string of the molecule is O=C(OCc1cc(-c2ccccc2)no1)c1csc(-c2cccc(Cl)c2)n1. The second-order valence-electron chi connectivity index (χ2n) is 5.67. The van der Waals surface area contributed by atoms with Crippen molar-refractivity contribution in [3.05, 3.63) is 82.5 Å². The number of benzene rings is 2. The maximum atomic E-state index is 12.2. The van der Waals surface area contributed by atoms with E-state index >= 15 is 0 Å². The number of carbonyl (C=O) groups is 1. The first-order valence-electron chi connectivity index (χ1n) is 8.08. The molecular weight excluding hydrogens is 384 g/mol. The van der Waals surface area contributed by atoms with E-state index in [0.717, 1.165) is 11.1 Å². The third-order valence-corrected chi connectivity index (χ3v) is 4.89. The molecule has 0 fully saturated rings. The number of aromatic nitrogens is 2. The van der Waals surface area contributed by atoms with Crippen LogP contribution in [-0.4, -0.2) is 16.1 Å². The van der Waals surface area contributed by atoms with E-state index in [9.17, 15) is 4.79 Å². The summed E-state index contributed by atoms with van der Waals surface area (Å²) in [5.41, 5.74) is 2.73. The highest BCUT2D eigenvalue weighted by atomic mass is 35.5. The molecule has 2 heterocycles. The molecule has 4 aromatic rings. The Kier molecular flexibility index (Phi) is 5.00. The summed E-state index contributed by atoms with van der Waals surface area (Å²) in [6.07, 6.45) is 0. The van der Waals surface area contributed by atoms with Gasteiger partial charge in [0.25, 0.3) is 0 Å². The molecule has 0 radical (unpaired) electrons. The average Bonchev–Trinajstić information content (AvgIpc) is 3.37. The molecule has 134 valence electrons. The van der Waals surface area contributed by atoms with Gasteiger partial charge in [0, 0.05) is 27.6 Å². The lowest BCUT2D eigenvalue weighted by molar-refractivity contribution is 0.0431. The van der Waals surface area contributed by atoms with Crippen LogP contribution in [0, 0.1) is 0 Å². The van der Waals surface area contributed by atoms with Gasteiger partial charge in [-0.2, -0.15) is 0 Å². The van der Waals surface area contributed by atoms with Crippen LogP contribution in [0.25, 0.3) is 21.8 Å². The van der Waals surface area contributed by atoms with Gasteiger partial charge in [-0.1, -0.05) is 59.2 Å². The molecule has 0 amide bonds. The van der Waals surface area contributed by atoms with E-state index in [1.54, 1.807) is 23.6 Å². The molecule has 0 saturated heterocycles. The Bertz CT molecular complexity index is 1080. The maximum Gasteiger partial charge on any atom is 0.358 e. The lowest BCUT2D eigenvalue weighted by Gasteiger charge is -1.99. The van der Waals surface area contributed by atoms with Gasteiger partial charge in [-0.3, -0.25) is 0 Å². The van der Waals surface area contributed by atoms with E-state index in [0.29, 0.717) is 21.5 Å². The van der Waals surface area contributed by atoms with Crippen molar-refractivity contribution in [2.75, 3.05) is 0 Å². The minimum absolute atomic E-state index is 0.0112. The van der Waals surface area contributed by atoms with Crippen molar-refractivity contribution in [1.29, 1.82) is 0 Å². The molecule has 0 unspecified atom stereocenters. The fraction of sp³-hybridized carbons (Fsp3) is 0.0500. The maximum absolute atomic E-state index is 12.2. The second kappa shape index (κ2) is 7.73. The smallest absolute Gasteiger partial charge is 0.358 e. The van der Waals surface area contributed by atoms with E-state index in [1.807, 2.05) is 42.5 Å². The van der Waals surface area contributed by atoms with Crippen LogP contribution < -0.4 is 0 Å². The molecule has 27 heavy (non-hydrogen) atoms. The molecular formula is C20H13ClN2O3S. The van der Waals surface area contributed by atoms with Gasteiger partial charge >= 0.3 is 5.97 Å². The Hall–Kier alpha value is -2.96. The number of carbonyl (C=O) groups excluding carboxylic acids is 1. The second-order valence-corrected chi connectivity index (χ2v) is 6.96. The summed E-state index contributed by atoms with van der Waals surface area (Å²) in [7, 11) is 0. The number of rotatable bonds is 5. The molecule has 2 aromatic carbocycles. The molecule has 2 aromatic heterocycles. The molecule has 0 atom stereocenters. The minimum Gasteiger partial charge on any atom is -0.453 e. The van der Waals surface area contributed by atoms with Gasteiger partial charge in [-0.25, -0.2) is 9.78 Å². The topological polar surface area (TPSA) is 65.2 Å². The molecule has 7 heteroatoms. The van der Waals surface area contributed by atoms with Crippen LogP contribution in [-0.2, 0) is 11.3 Å². The summed E-state index contributed by atoms with van der Waals surface area (Å²) in [6, 6.07) is 18.7. The van der Waals surface area contributed by atoms with Crippen LogP contribution >= 0.6 is 22.9 Å². The third-order valence-electron chi connectivity index (χ3n) is 3.76. The summed E-state index contributed by atoms with van der Waals surface area (Å²) in [5, 5.41) is 6.98. The molecule has 0 saturated carbocycles. The van der Waals surface area contributed by atoms with Gasteiger partial charge in [-0.05, 0) is 12.1 Å². The van der Waals surface area contributed by atoms with Crippen LogP contribution in [0.5, 0.6) is 0 Å². The van der Waals surface area contributed by atoms with Gasteiger partial charge in [0.2, 0.25) is 0 Å². The van der Waals surface area contributed by atoms with Crippen molar-refractivity contribution in [2.24, 2.45) is 0 Å². The first-order valence-corrected chi connectivity index (χ1v) is 9.34. The quantitative estimate of drug-likeness (QED) is 0.418. The van der Waals surface area contributed by atoms with Gasteiger partial charge < -0.3 is 9.26 Å². The van der Waals surface area contributed by atoms with E-state index in [2.05, 4.69) is 10.1 Å². The molecule has 0 bridgehead atoms. The lowest BCUT2D eigenvalue weighted by atomic mass is 10.1. The van der Waals surface area contributed by atoms with Gasteiger partial charge in [0.1, 0.15) is 10.7 Å². The van der Waals surface area contributed by atoms with Crippen molar-refractivity contribution in [3.63, 3.8) is 0 Å². The number of hydrogen-bond acceptors (Lipinski definition) is 6. The van der Waals surface area contributed by atoms with E-state index in [-0.39, 0.29) is 12.3 Å². The van der Waals surface area contributed by atoms with Crippen molar-refractivity contribution < 1.29 is 14.1 Å². The Balaban J connectivity index is 1.41. The van der Waals surface area contributed by atoms with Gasteiger partial charge in [-0.15, -0.1) is 11.3 Å². The highest BCUT2D eigenvalue weighted by molar-refractivity contribution is 7.13. The number of halogens is 1. The molecule has 0 N–H and O–H groups in total. The fourth-order valence-corrected chi connectivity index (χ4v) is 3.43. The molecule has 0 aliphatic rings. The molecule has 5 nitrogen and oxygen atoms in total. The van der Waals surface area contributed by atoms with E-state index in [4.69, 9.17) is 20.9 Å². The predicted octanol–water partition coefficient (Wildman–Crippen LogP) is 5.48. The Labute approximate surface area is 164 Å². The number of ether oxygens (including phenoxy) is 1. The normalized spacial score (nSPS) is 10.7. The summed E-state index contributed by atoms with van der Waals surface area (Å²) < 4.78 is 10.5. The van der Waals surface area contributed by atoms with Gasteiger partial charge in [0.05, 0.1) is 0 Å². The highest BCUT2D eigenvalue weighted by Crippen LogP contribution is 2.26. The van der Waals surface area contributed by atoms with Crippen LogP contribution in [0.4, 0.5) is 0 Å². The number of esters is 1. The van der Waals surface area contributed by atoms with E-state index in [1.165, 1.54) is 11.3 Å². The first-order chi connectivity index (χ1) is 13.2. The summed E-state index contributed by atoms with van der Waals surface area (Å²) in [4.78, 5) is 16.6. The largest absolute Gasteiger partial charge is 0.453 e. The monoisotopic (exact) mass is 396 g/mol. The standard InChI is InChI=1S/C20H13ClN2O3S/c21-15-8-4-7-14(9-15)19-22-18(12-27-19)20(24)25-11-16-10-17(23-26-16)13-5-2-1-3-6-13/h1-10,12H,11H2. The van der Waals surface area contributed by atoms with Gasteiger partial charge in [0.15, 0.2) is 18.1 Å².